The fourth-order valence-electron chi connectivity index (χ4n) is 2.71. The van der Waals surface area contributed by atoms with Crippen molar-refractivity contribution in [1.29, 1.82) is 0 Å². The molecule has 148 valence electrons. The highest BCUT2D eigenvalue weighted by molar-refractivity contribution is 7.22. The number of carbonyl (C=O) groups excluding carboxylic acids is 1. The van der Waals surface area contributed by atoms with Crippen molar-refractivity contribution in [3.8, 4) is 0 Å². The lowest BCUT2D eigenvalue weighted by Gasteiger charge is -2.20. The number of amides is 1. The highest BCUT2D eigenvalue weighted by Crippen LogP contribution is 2.30. The molecule has 0 aliphatic carbocycles. The molecule has 1 heterocycles. The Morgan fingerprint density at radius 1 is 1.11 bits per heavy atom. The summed E-state index contributed by atoms with van der Waals surface area (Å²) in [4.78, 5) is 21.5. The molecular weight excluding hydrogens is 390 g/mol. The molecule has 0 saturated carbocycles. The van der Waals surface area contributed by atoms with Gasteiger partial charge in [0.2, 0.25) is 0 Å². The quantitative estimate of drug-likeness (QED) is 0.515. The summed E-state index contributed by atoms with van der Waals surface area (Å²) in [6, 6.07) is 16.2. The van der Waals surface area contributed by atoms with E-state index in [4.69, 9.17) is 4.98 Å². The Morgan fingerprint density at radius 3 is 2.54 bits per heavy atom. The highest BCUT2D eigenvalue weighted by atomic mass is 35.5. The van der Waals surface area contributed by atoms with Gasteiger partial charge in [-0.3, -0.25) is 9.69 Å². The summed E-state index contributed by atoms with van der Waals surface area (Å²) >= 11 is 1.58. The Kier molecular flexibility index (Phi) is 8.18. The van der Waals surface area contributed by atoms with Crippen LogP contribution in [0.1, 0.15) is 18.1 Å². The van der Waals surface area contributed by atoms with Crippen molar-refractivity contribution in [2.45, 2.75) is 13.3 Å². The van der Waals surface area contributed by atoms with Crippen LogP contribution in [-0.2, 0) is 11.2 Å². The lowest BCUT2D eigenvalue weighted by atomic mass is 10.2. The van der Waals surface area contributed by atoms with Gasteiger partial charge in [-0.25, -0.2) is 4.98 Å². The molecule has 0 radical (unpaired) electrons. The number of fused-ring (bicyclic) bond motifs is 1. The van der Waals surface area contributed by atoms with Crippen LogP contribution in [0.2, 0.25) is 0 Å². The standard InChI is InChI=1S/C22H25N3OS.ClH/c1-4-17-10-12-19-20(16-17)27-22(23-19)25(15-14-24(2)3)21(26)13-11-18-8-6-5-7-9-18;/h5-13,16H,4,14-15H2,1-3H3;1H. The lowest BCUT2D eigenvalue weighted by molar-refractivity contribution is -0.114. The zero-order chi connectivity index (χ0) is 19.2. The van der Waals surface area contributed by atoms with Gasteiger partial charge in [-0.15, -0.1) is 12.4 Å². The predicted molar refractivity (Wildman–Crippen MR) is 123 cm³/mol. The number of anilines is 1. The second kappa shape index (κ2) is 10.4. The molecule has 0 atom stereocenters. The number of hydrogen-bond acceptors (Lipinski definition) is 4. The van der Waals surface area contributed by atoms with Gasteiger partial charge in [-0.2, -0.15) is 0 Å². The summed E-state index contributed by atoms with van der Waals surface area (Å²) in [5.41, 5.74) is 3.24. The van der Waals surface area contributed by atoms with Gasteiger partial charge < -0.3 is 4.90 Å². The van der Waals surface area contributed by atoms with Gasteiger partial charge in [0.15, 0.2) is 5.13 Å². The number of aryl methyl sites for hydroxylation is 1. The topological polar surface area (TPSA) is 36.4 Å². The Morgan fingerprint density at radius 2 is 1.86 bits per heavy atom. The zero-order valence-electron chi connectivity index (χ0n) is 16.5. The van der Waals surface area contributed by atoms with Gasteiger partial charge in [0.05, 0.1) is 10.2 Å². The van der Waals surface area contributed by atoms with Crippen molar-refractivity contribution in [3.63, 3.8) is 0 Å². The van der Waals surface area contributed by atoms with Gasteiger partial charge in [-0.05, 0) is 49.9 Å². The van der Waals surface area contributed by atoms with E-state index in [2.05, 4.69) is 24.0 Å². The summed E-state index contributed by atoms with van der Waals surface area (Å²) < 4.78 is 1.12. The summed E-state index contributed by atoms with van der Waals surface area (Å²) in [6.45, 7) is 3.52. The Hall–Kier alpha value is -2.21. The molecule has 3 aromatic rings. The number of hydrogen-bond donors (Lipinski definition) is 0. The van der Waals surface area contributed by atoms with Crippen molar-refractivity contribution in [1.82, 2.24) is 9.88 Å². The van der Waals surface area contributed by atoms with Crippen LogP contribution >= 0.6 is 23.7 Å². The van der Waals surface area contributed by atoms with Crippen LogP contribution in [0.15, 0.2) is 54.6 Å². The van der Waals surface area contributed by atoms with Crippen LogP contribution in [0.25, 0.3) is 16.3 Å². The molecule has 2 aromatic carbocycles. The Bertz CT molecular complexity index is 937. The van der Waals surface area contributed by atoms with E-state index in [0.29, 0.717) is 6.54 Å². The number of benzene rings is 2. The monoisotopic (exact) mass is 415 g/mol. The van der Waals surface area contributed by atoms with E-state index in [0.717, 1.165) is 33.9 Å². The highest BCUT2D eigenvalue weighted by Gasteiger charge is 2.18. The van der Waals surface area contributed by atoms with E-state index in [1.165, 1.54) is 5.56 Å². The molecule has 0 aliphatic rings. The minimum Gasteiger partial charge on any atom is -0.308 e. The average Bonchev–Trinajstić information content (AvgIpc) is 3.09. The fourth-order valence-corrected chi connectivity index (χ4v) is 3.77. The maximum atomic E-state index is 12.9. The third-order valence-electron chi connectivity index (χ3n) is 4.34. The van der Waals surface area contributed by atoms with E-state index in [1.54, 1.807) is 22.3 Å². The third kappa shape index (κ3) is 5.64. The molecule has 3 rings (SSSR count). The molecule has 6 heteroatoms. The molecule has 0 N–H and O–H groups in total. The number of aromatic nitrogens is 1. The van der Waals surface area contributed by atoms with E-state index in [9.17, 15) is 4.79 Å². The molecule has 0 fully saturated rings. The first kappa shape index (κ1) is 22.1. The molecule has 1 amide bonds. The summed E-state index contributed by atoms with van der Waals surface area (Å²) in [5, 5.41) is 0.753. The van der Waals surface area contributed by atoms with Gasteiger partial charge in [-0.1, -0.05) is 54.7 Å². The summed E-state index contributed by atoms with van der Waals surface area (Å²) in [7, 11) is 4.02. The molecule has 0 aliphatic heterocycles. The van der Waals surface area contributed by atoms with Crippen LogP contribution in [0.4, 0.5) is 5.13 Å². The van der Waals surface area contributed by atoms with E-state index < -0.39 is 0 Å². The van der Waals surface area contributed by atoms with Gasteiger partial charge in [0.1, 0.15) is 0 Å². The largest absolute Gasteiger partial charge is 0.308 e. The first-order valence-electron chi connectivity index (χ1n) is 9.15. The van der Waals surface area contributed by atoms with Crippen molar-refractivity contribution < 1.29 is 4.79 Å². The van der Waals surface area contributed by atoms with Crippen molar-refractivity contribution in [3.05, 3.63) is 65.7 Å². The third-order valence-corrected chi connectivity index (χ3v) is 5.38. The van der Waals surface area contributed by atoms with Gasteiger partial charge >= 0.3 is 0 Å². The lowest BCUT2D eigenvalue weighted by Crippen LogP contribution is -2.35. The second-order valence-electron chi connectivity index (χ2n) is 6.69. The van der Waals surface area contributed by atoms with Crippen molar-refractivity contribution >= 4 is 51.1 Å². The molecule has 1 aromatic heterocycles. The molecule has 0 unspecified atom stereocenters. The van der Waals surface area contributed by atoms with E-state index >= 15 is 0 Å². The molecule has 0 spiro atoms. The minimum absolute atomic E-state index is 0. The maximum Gasteiger partial charge on any atom is 0.252 e. The van der Waals surface area contributed by atoms with Gasteiger partial charge in [0.25, 0.3) is 5.91 Å². The fraction of sp³-hybridized carbons (Fsp3) is 0.273. The van der Waals surface area contributed by atoms with Crippen molar-refractivity contribution in [2.24, 2.45) is 0 Å². The van der Waals surface area contributed by atoms with Crippen LogP contribution in [0.5, 0.6) is 0 Å². The first-order chi connectivity index (χ1) is 13.1. The minimum atomic E-state index is -0.0459. The number of halogens is 1. The average molecular weight is 416 g/mol. The van der Waals surface area contributed by atoms with Crippen LogP contribution in [0, 0.1) is 0 Å². The molecule has 28 heavy (non-hydrogen) atoms. The van der Waals surface area contributed by atoms with Gasteiger partial charge in [0, 0.05) is 19.2 Å². The molecular formula is C22H26ClN3OS. The van der Waals surface area contributed by atoms with Crippen molar-refractivity contribution in [2.75, 3.05) is 32.1 Å². The number of rotatable bonds is 7. The van der Waals surface area contributed by atoms with Crippen LogP contribution < -0.4 is 4.90 Å². The molecule has 4 nitrogen and oxygen atoms in total. The SMILES string of the molecule is CCc1ccc2nc(N(CCN(C)C)C(=O)C=Cc3ccccc3)sc2c1.Cl. The van der Waals surface area contributed by atoms with Crippen LogP contribution in [-0.4, -0.2) is 43.0 Å². The number of nitrogens with zero attached hydrogens (tertiary/aromatic N) is 3. The Labute approximate surface area is 176 Å². The molecule has 0 saturated heterocycles. The Balaban J connectivity index is 0.00000280. The smallest absolute Gasteiger partial charge is 0.252 e. The van der Waals surface area contributed by atoms with E-state index in [1.807, 2.05) is 56.6 Å². The number of thiazole rings is 1. The molecule has 0 bridgehead atoms. The van der Waals surface area contributed by atoms with Crippen LogP contribution in [0.3, 0.4) is 0 Å². The predicted octanol–water partition coefficient (Wildman–Crippen LogP) is 4.89. The first-order valence-corrected chi connectivity index (χ1v) is 9.97. The summed E-state index contributed by atoms with van der Waals surface area (Å²) in [5.74, 6) is -0.0459. The zero-order valence-corrected chi connectivity index (χ0v) is 18.1. The van der Waals surface area contributed by atoms with E-state index in [-0.39, 0.29) is 18.3 Å². The maximum absolute atomic E-state index is 12.9. The normalized spacial score (nSPS) is 11.1. The number of carbonyl (C=O) groups is 1. The second-order valence-corrected chi connectivity index (χ2v) is 7.70. The summed E-state index contributed by atoms with van der Waals surface area (Å²) in [6.07, 6.45) is 4.48. The number of likely N-dealkylation sites (N-methyl/N-ethyl adjacent to an activating group) is 1.